The number of rotatable bonds is 6. The second kappa shape index (κ2) is 9.13. The maximum Gasteiger partial charge on any atom is 0.254 e. The number of carbonyl (C=O) groups is 1. The van der Waals surface area contributed by atoms with Crippen molar-refractivity contribution in [3.8, 4) is 0 Å². The van der Waals surface area contributed by atoms with Crippen LogP contribution >= 0.6 is 24.0 Å². The highest BCUT2D eigenvalue weighted by atomic mass is 35.5. The van der Waals surface area contributed by atoms with Crippen LogP contribution in [-0.4, -0.2) is 18.5 Å². The van der Waals surface area contributed by atoms with Gasteiger partial charge in [0.05, 0.1) is 5.56 Å². The van der Waals surface area contributed by atoms with Crippen LogP contribution < -0.4 is 11.1 Å². The first-order valence-corrected chi connectivity index (χ1v) is 6.42. The third-order valence-corrected chi connectivity index (χ3v) is 2.94. The van der Waals surface area contributed by atoms with E-state index in [1.807, 2.05) is 0 Å². The Morgan fingerprint density at radius 1 is 1.53 bits per heavy atom. The molecule has 0 aliphatic heterocycles. The predicted octanol–water partition coefficient (Wildman–Crippen LogP) is 3.15. The van der Waals surface area contributed by atoms with E-state index >= 15 is 0 Å². The van der Waals surface area contributed by atoms with Gasteiger partial charge in [-0.15, -0.1) is 12.4 Å². The van der Waals surface area contributed by atoms with E-state index in [4.69, 9.17) is 17.3 Å². The Bertz CT molecular complexity index is 416. The fourth-order valence-electron chi connectivity index (χ4n) is 1.64. The molecule has 3 N–H and O–H groups in total. The van der Waals surface area contributed by atoms with E-state index in [9.17, 15) is 9.18 Å². The lowest BCUT2D eigenvalue weighted by Crippen LogP contribution is -2.40. The monoisotopic (exact) mass is 308 g/mol. The van der Waals surface area contributed by atoms with Gasteiger partial charge in [-0.1, -0.05) is 31.4 Å². The Hall–Kier alpha value is -0.840. The van der Waals surface area contributed by atoms with Crippen molar-refractivity contribution < 1.29 is 9.18 Å². The largest absolute Gasteiger partial charge is 0.348 e. The lowest BCUT2D eigenvalue weighted by Gasteiger charge is -2.16. The first-order valence-electron chi connectivity index (χ1n) is 6.04. The summed E-state index contributed by atoms with van der Waals surface area (Å²) in [5.74, 6) is -1.07. The van der Waals surface area contributed by atoms with Crippen molar-refractivity contribution in [1.29, 1.82) is 0 Å². The summed E-state index contributed by atoms with van der Waals surface area (Å²) >= 11 is 5.63. The molecule has 0 bridgehead atoms. The summed E-state index contributed by atoms with van der Waals surface area (Å²) < 4.78 is 13.5. The van der Waals surface area contributed by atoms with Crippen LogP contribution in [-0.2, 0) is 0 Å². The zero-order valence-electron chi connectivity index (χ0n) is 10.8. The molecule has 0 spiro atoms. The SMILES string of the molecule is CCCCC(CN)NC(=O)c1ccc(Cl)cc1F.Cl. The summed E-state index contributed by atoms with van der Waals surface area (Å²) in [5, 5.41) is 3.00. The second-order valence-corrected chi connectivity index (χ2v) is 4.61. The smallest absolute Gasteiger partial charge is 0.254 e. The van der Waals surface area contributed by atoms with Crippen molar-refractivity contribution in [2.45, 2.75) is 32.2 Å². The molecule has 0 saturated carbocycles. The molecule has 0 aromatic heterocycles. The Balaban J connectivity index is 0.00000324. The Morgan fingerprint density at radius 3 is 2.74 bits per heavy atom. The molecule has 0 aliphatic carbocycles. The first-order chi connectivity index (χ1) is 8.58. The fraction of sp³-hybridized carbons (Fsp3) is 0.462. The minimum Gasteiger partial charge on any atom is -0.348 e. The molecule has 3 nitrogen and oxygen atoms in total. The van der Waals surface area contributed by atoms with Gasteiger partial charge in [-0.25, -0.2) is 4.39 Å². The van der Waals surface area contributed by atoms with E-state index < -0.39 is 11.7 Å². The summed E-state index contributed by atoms with van der Waals surface area (Å²) in [6.07, 6.45) is 2.81. The number of hydrogen-bond donors (Lipinski definition) is 2. The Morgan fingerprint density at radius 2 is 2.21 bits per heavy atom. The number of carbonyl (C=O) groups excluding carboxylic acids is 1. The molecule has 19 heavy (non-hydrogen) atoms. The maximum atomic E-state index is 13.5. The topological polar surface area (TPSA) is 55.1 Å². The van der Waals surface area contributed by atoms with Crippen LogP contribution in [0.3, 0.4) is 0 Å². The minimum absolute atomic E-state index is 0. The van der Waals surface area contributed by atoms with Crippen molar-refractivity contribution in [3.05, 3.63) is 34.6 Å². The summed E-state index contributed by atoms with van der Waals surface area (Å²) in [5.41, 5.74) is 5.57. The van der Waals surface area contributed by atoms with Gasteiger partial charge in [0.2, 0.25) is 0 Å². The Kier molecular flexibility index (Phi) is 8.72. The second-order valence-electron chi connectivity index (χ2n) is 4.17. The third-order valence-electron chi connectivity index (χ3n) is 2.70. The molecule has 0 fully saturated rings. The van der Waals surface area contributed by atoms with Crippen LogP contribution in [0.4, 0.5) is 4.39 Å². The van der Waals surface area contributed by atoms with Gasteiger partial charge in [0.25, 0.3) is 5.91 Å². The molecule has 0 saturated heterocycles. The third kappa shape index (κ3) is 5.76. The predicted molar refractivity (Wildman–Crippen MR) is 78.5 cm³/mol. The van der Waals surface area contributed by atoms with Gasteiger partial charge < -0.3 is 11.1 Å². The number of unbranched alkanes of at least 4 members (excludes halogenated alkanes) is 1. The van der Waals surface area contributed by atoms with E-state index in [2.05, 4.69) is 12.2 Å². The van der Waals surface area contributed by atoms with E-state index in [0.29, 0.717) is 6.54 Å². The number of benzene rings is 1. The number of nitrogens with two attached hydrogens (primary N) is 1. The normalized spacial score (nSPS) is 11.6. The standard InChI is InChI=1S/C13H18ClFN2O.ClH/c1-2-3-4-10(8-16)17-13(18)11-6-5-9(14)7-12(11)15;/h5-7,10H,2-4,8,16H2,1H3,(H,17,18);1H. The summed E-state index contributed by atoms with van der Waals surface area (Å²) in [6.45, 7) is 2.41. The Labute approximate surface area is 124 Å². The summed E-state index contributed by atoms with van der Waals surface area (Å²) in [7, 11) is 0. The van der Waals surface area contributed by atoms with E-state index in [0.717, 1.165) is 25.3 Å². The van der Waals surface area contributed by atoms with Crippen molar-refractivity contribution in [2.75, 3.05) is 6.54 Å². The lowest BCUT2D eigenvalue weighted by atomic mass is 10.1. The van der Waals surface area contributed by atoms with E-state index in [-0.39, 0.29) is 29.0 Å². The summed E-state index contributed by atoms with van der Waals surface area (Å²) in [6, 6.07) is 3.87. The molecule has 1 aromatic rings. The number of nitrogens with one attached hydrogen (secondary N) is 1. The zero-order chi connectivity index (χ0) is 13.5. The van der Waals surface area contributed by atoms with Crippen LogP contribution in [0, 0.1) is 5.82 Å². The van der Waals surface area contributed by atoms with Crippen LogP contribution in [0.1, 0.15) is 36.5 Å². The molecule has 1 amide bonds. The molecule has 1 rings (SSSR count). The number of halogens is 3. The highest BCUT2D eigenvalue weighted by Crippen LogP contribution is 2.14. The van der Waals surface area contributed by atoms with Crippen LogP contribution in [0.2, 0.25) is 5.02 Å². The van der Waals surface area contributed by atoms with Gasteiger partial charge in [0.1, 0.15) is 5.82 Å². The zero-order valence-corrected chi connectivity index (χ0v) is 12.4. The molecule has 6 heteroatoms. The van der Waals surface area contributed by atoms with E-state index in [1.165, 1.54) is 12.1 Å². The van der Waals surface area contributed by atoms with Crippen molar-refractivity contribution in [1.82, 2.24) is 5.32 Å². The van der Waals surface area contributed by atoms with Crippen LogP contribution in [0.15, 0.2) is 18.2 Å². The lowest BCUT2D eigenvalue weighted by molar-refractivity contribution is 0.0931. The fourth-order valence-corrected chi connectivity index (χ4v) is 1.80. The average molecular weight is 309 g/mol. The molecule has 108 valence electrons. The molecule has 1 atom stereocenters. The van der Waals surface area contributed by atoms with Crippen LogP contribution in [0.5, 0.6) is 0 Å². The number of amides is 1. The van der Waals surface area contributed by atoms with E-state index in [1.54, 1.807) is 0 Å². The molecule has 0 radical (unpaired) electrons. The van der Waals surface area contributed by atoms with Crippen molar-refractivity contribution in [3.63, 3.8) is 0 Å². The van der Waals surface area contributed by atoms with Gasteiger partial charge in [-0.05, 0) is 24.6 Å². The van der Waals surface area contributed by atoms with Gasteiger partial charge in [0.15, 0.2) is 0 Å². The average Bonchev–Trinajstić information content (AvgIpc) is 2.34. The number of hydrogen-bond acceptors (Lipinski definition) is 2. The minimum atomic E-state index is -0.619. The van der Waals surface area contributed by atoms with Crippen molar-refractivity contribution in [2.24, 2.45) is 5.73 Å². The maximum absolute atomic E-state index is 13.5. The van der Waals surface area contributed by atoms with Gasteiger partial charge >= 0.3 is 0 Å². The quantitative estimate of drug-likeness (QED) is 0.848. The van der Waals surface area contributed by atoms with Crippen molar-refractivity contribution >= 4 is 29.9 Å². The van der Waals surface area contributed by atoms with Gasteiger partial charge in [-0.2, -0.15) is 0 Å². The molecular formula is C13H19Cl2FN2O. The molecule has 0 heterocycles. The summed E-state index contributed by atoms with van der Waals surface area (Å²) in [4.78, 5) is 11.9. The molecular weight excluding hydrogens is 290 g/mol. The highest BCUT2D eigenvalue weighted by molar-refractivity contribution is 6.30. The highest BCUT2D eigenvalue weighted by Gasteiger charge is 2.15. The molecule has 1 unspecified atom stereocenters. The van der Waals surface area contributed by atoms with Gasteiger partial charge in [0, 0.05) is 17.6 Å². The molecule has 0 aliphatic rings. The van der Waals surface area contributed by atoms with Crippen LogP contribution in [0.25, 0.3) is 0 Å². The molecule has 1 aromatic carbocycles. The first kappa shape index (κ1) is 18.2. The van der Waals surface area contributed by atoms with Gasteiger partial charge in [-0.3, -0.25) is 4.79 Å².